The molecule has 3 saturated carbocycles. The number of rotatable bonds is 6. The lowest BCUT2D eigenvalue weighted by atomic mass is 9.42. The first-order valence-corrected chi connectivity index (χ1v) is 16.6. The highest BCUT2D eigenvalue weighted by molar-refractivity contribution is 5.88. The van der Waals surface area contributed by atoms with Crippen LogP contribution < -0.4 is 0 Å². The van der Waals surface area contributed by atoms with Gasteiger partial charge in [-0.15, -0.1) is 0 Å². The Balaban J connectivity index is 1.30. The van der Waals surface area contributed by atoms with Crippen LogP contribution in [-0.4, -0.2) is 90.9 Å². The van der Waals surface area contributed by atoms with Crippen molar-refractivity contribution in [3.63, 3.8) is 0 Å². The van der Waals surface area contributed by atoms with Crippen LogP contribution in [0.1, 0.15) is 84.6 Å². The molecule has 1 aromatic carbocycles. The van der Waals surface area contributed by atoms with E-state index in [1.165, 1.54) is 13.0 Å². The highest BCUT2D eigenvalue weighted by atomic mass is 16.7. The average molecular weight is 641 g/mol. The van der Waals surface area contributed by atoms with E-state index in [2.05, 4.69) is 6.92 Å². The molecule has 252 valence electrons. The fourth-order valence-corrected chi connectivity index (χ4v) is 9.71. The van der Waals surface area contributed by atoms with Gasteiger partial charge in [0.05, 0.1) is 23.7 Å². The number of carbonyl (C=O) groups excluding carboxylic acids is 2. The van der Waals surface area contributed by atoms with Crippen molar-refractivity contribution in [1.29, 1.82) is 0 Å². The van der Waals surface area contributed by atoms with Crippen LogP contribution in [0, 0.1) is 16.7 Å². The molecule has 0 bridgehead atoms. The zero-order valence-corrected chi connectivity index (χ0v) is 27.1. The minimum absolute atomic E-state index is 0.0309. The van der Waals surface area contributed by atoms with Crippen LogP contribution in [-0.2, 0) is 23.8 Å². The minimum atomic E-state index is -2.01. The fraction of sp³-hybridized carbons (Fsp3) is 0.667. The van der Waals surface area contributed by atoms with Crippen molar-refractivity contribution in [3.8, 4) is 0 Å². The van der Waals surface area contributed by atoms with Crippen LogP contribution in [0.25, 0.3) is 6.08 Å². The summed E-state index contributed by atoms with van der Waals surface area (Å²) in [7, 11) is 0. The number of ether oxygens (including phenoxy) is 3. The first-order valence-electron chi connectivity index (χ1n) is 16.6. The molecule has 0 radical (unpaired) electrons. The maximum atomic E-state index is 13.3. The van der Waals surface area contributed by atoms with E-state index in [0.717, 1.165) is 11.1 Å². The molecule has 1 saturated heterocycles. The molecule has 1 aliphatic heterocycles. The van der Waals surface area contributed by atoms with Crippen LogP contribution >= 0.6 is 0 Å². The third-order valence-corrected chi connectivity index (χ3v) is 12.6. The Kier molecular flexibility index (Phi) is 8.45. The molecule has 10 heteroatoms. The Morgan fingerprint density at radius 2 is 1.74 bits per heavy atom. The molecule has 12 unspecified atom stereocenters. The topological polar surface area (TPSA) is 163 Å². The summed E-state index contributed by atoms with van der Waals surface area (Å²) in [4.78, 5) is 26.4. The SMILES string of the molecule is CC(=O)C1(O)CCC2(O)C3(O)CC=C4CC(OC5CC(O)C(O)C(C)O5)CCC4(C)C3CC(OC(=O)C=Cc3ccccc3)C12C. The number of Topliss-reactive ketones (excluding diaryl/α,β-unsaturated/α-hetero) is 1. The van der Waals surface area contributed by atoms with Crippen molar-refractivity contribution in [2.45, 2.75) is 133 Å². The summed E-state index contributed by atoms with van der Waals surface area (Å²) in [6.07, 6.45) is 2.56. The predicted octanol–water partition coefficient (Wildman–Crippen LogP) is 2.98. The van der Waals surface area contributed by atoms with Crippen molar-refractivity contribution in [1.82, 2.24) is 0 Å². The van der Waals surface area contributed by atoms with Gasteiger partial charge in [-0.3, -0.25) is 4.79 Å². The molecule has 1 aromatic rings. The third kappa shape index (κ3) is 4.86. The van der Waals surface area contributed by atoms with Gasteiger partial charge in [0.1, 0.15) is 29.0 Å². The zero-order chi connectivity index (χ0) is 33.3. The van der Waals surface area contributed by atoms with Gasteiger partial charge in [0.2, 0.25) is 0 Å². The lowest BCUT2D eigenvalue weighted by molar-refractivity contribution is -0.315. The molecule has 46 heavy (non-hydrogen) atoms. The molecule has 6 rings (SSSR count). The van der Waals surface area contributed by atoms with E-state index in [9.17, 15) is 35.1 Å². The van der Waals surface area contributed by atoms with E-state index >= 15 is 0 Å². The van der Waals surface area contributed by atoms with E-state index in [0.29, 0.717) is 19.3 Å². The summed E-state index contributed by atoms with van der Waals surface area (Å²) in [5, 5.41) is 57.5. The Labute approximate surface area is 270 Å². The molecule has 0 amide bonds. The number of aliphatic hydroxyl groups is 5. The maximum absolute atomic E-state index is 13.3. The van der Waals surface area contributed by atoms with Gasteiger partial charge in [-0.2, -0.15) is 0 Å². The second-order valence-corrected chi connectivity index (χ2v) is 14.8. The highest BCUT2D eigenvalue weighted by Crippen LogP contribution is 2.71. The fourth-order valence-electron chi connectivity index (χ4n) is 9.71. The number of fused-ring (bicyclic) bond motifs is 5. The normalized spacial score (nSPS) is 47.0. The Bertz CT molecular complexity index is 1400. The summed E-state index contributed by atoms with van der Waals surface area (Å²) in [6, 6.07) is 9.27. The van der Waals surface area contributed by atoms with E-state index in [-0.39, 0.29) is 38.2 Å². The van der Waals surface area contributed by atoms with Gasteiger partial charge in [-0.05, 0) is 82.8 Å². The minimum Gasteiger partial charge on any atom is -0.458 e. The maximum Gasteiger partial charge on any atom is 0.331 e. The molecule has 5 aliphatic rings. The first kappa shape index (κ1) is 33.5. The van der Waals surface area contributed by atoms with Gasteiger partial charge < -0.3 is 39.7 Å². The van der Waals surface area contributed by atoms with Crippen molar-refractivity contribution in [2.24, 2.45) is 16.7 Å². The summed E-state index contributed by atoms with van der Waals surface area (Å²) < 4.78 is 18.2. The number of benzene rings is 1. The quantitative estimate of drug-likeness (QED) is 0.178. The van der Waals surface area contributed by atoms with Gasteiger partial charge in [0.25, 0.3) is 0 Å². The molecule has 5 N–H and O–H groups in total. The van der Waals surface area contributed by atoms with E-state index < -0.39 is 76.0 Å². The van der Waals surface area contributed by atoms with Gasteiger partial charge >= 0.3 is 5.97 Å². The van der Waals surface area contributed by atoms with Crippen molar-refractivity contribution < 1.29 is 49.3 Å². The number of aliphatic hydroxyl groups excluding tert-OH is 2. The lowest BCUT2D eigenvalue weighted by Crippen LogP contribution is -2.78. The smallest absolute Gasteiger partial charge is 0.331 e. The second-order valence-electron chi connectivity index (χ2n) is 14.8. The molecule has 0 aromatic heterocycles. The van der Waals surface area contributed by atoms with Crippen LogP contribution in [0.4, 0.5) is 0 Å². The Hall–Kier alpha value is -2.44. The van der Waals surface area contributed by atoms with Gasteiger partial charge in [0, 0.05) is 18.4 Å². The zero-order valence-electron chi connectivity index (χ0n) is 27.1. The molecular formula is C36H48O10. The van der Waals surface area contributed by atoms with Gasteiger partial charge in [-0.25, -0.2) is 4.79 Å². The average Bonchev–Trinajstić information content (AvgIpc) is 3.25. The van der Waals surface area contributed by atoms with Crippen LogP contribution in [0.2, 0.25) is 0 Å². The molecule has 10 nitrogen and oxygen atoms in total. The monoisotopic (exact) mass is 640 g/mol. The molecule has 0 spiro atoms. The lowest BCUT2D eigenvalue weighted by Gasteiger charge is -2.67. The van der Waals surface area contributed by atoms with Crippen LogP contribution in [0.3, 0.4) is 0 Å². The van der Waals surface area contributed by atoms with E-state index in [1.54, 1.807) is 19.9 Å². The number of esters is 1. The first-order chi connectivity index (χ1) is 21.6. The highest BCUT2D eigenvalue weighted by Gasteiger charge is 2.81. The molecule has 1 heterocycles. The summed E-state index contributed by atoms with van der Waals surface area (Å²) >= 11 is 0. The molecule has 4 aliphatic carbocycles. The van der Waals surface area contributed by atoms with E-state index in [1.807, 2.05) is 36.4 Å². The van der Waals surface area contributed by atoms with Crippen molar-refractivity contribution >= 4 is 17.8 Å². The van der Waals surface area contributed by atoms with Crippen LogP contribution in [0.15, 0.2) is 48.1 Å². The number of ketones is 1. The molecular weight excluding hydrogens is 592 g/mol. The Morgan fingerprint density at radius 3 is 2.41 bits per heavy atom. The van der Waals surface area contributed by atoms with Gasteiger partial charge in [-0.1, -0.05) is 48.9 Å². The summed E-state index contributed by atoms with van der Waals surface area (Å²) in [6.45, 7) is 6.62. The van der Waals surface area contributed by atoms with Crippen molar-refractivity contribution in [2.75, 3.05) is 0 Å². The predicted molar refractivity (Wildman–Crippen MR) is 167 cm³/mol. The van der Waals surface area contributed by atoms with E-state index in [4.69, 9.17) is 14.2 Å². The number of hydrogen-bond acceptors (Lipinski definition) is 10. The van der Waals surface area contributed by atoms with Crippen molar-refractivity contribution in [3.05, 3.63) is 53.6 Å². The standard InChI is InChI=1S/C36H48O10/c1-21-31(40)26(38)19-30(44-21)45-25-13-14-32(3)24(18-25)12-15-35(42)27(32)20-28(46-29(39)11-10-23-8-6-5-7-9-23)33(4)34(41,22(2)37)16-17-36(33,35)43/h5-12,21,25-28,30-31,38,40-43H,13-20H2,1-4H3. The number of carbonyl (C=O) groups is 2. The largest absolute Gasteiger partial charge is 0.458 e. The van der Waals surface area contributed by atoms with Gasteiger partial charge in [0.15, 0.2) is 12.1 Å². The summed E-state index contributed by atoms with van der Waals surface area (Å²) in [5.74, 6) is -1.75. The molecule has 4 fully saturated rings. The second kappa shape index (κ2) is 11.6. The molecule has 12 atom stereocenters. The number of hydrogen-bond donors (Lipinski definition) is 5. The van der Waals surface area contributed by atoms with Crippen LogP contribution in [0.5, 0.6) is 0 Å². The third-order valence-electron chi connectivity index (χ3n) is 12.6. The Morgan fingerprint density at radius 1 is 1.02 bits per heavy atom. The summed E-state index contributed by atoms with van der Waals surface area (Å²) in [5.41, 5.74) is -6.05.